The molecule has 1 aliphatic heterocycles. The largest absolute Gasteiger partial charge is 0.450 e. The van der Waals surface area contributed by atoms with Crippen LogP contribution in [-0.2, 0) is 6.18 Å². The Labute approximate surface area is 104 Å². The molecule has 17 heavy (non-hydrogen) atoms. The molecule has 1 nitrogen and oxygen atoms in total. The highest BCUT2D eigenvalue weighted by molar-refractivity contribution is 14.2. The van der Waals surface area contributed by atoms with E-state index in [9.17, 15) is 13.2 Å². The van der Waals surface area contributed by atoms with Gasteiger partial charge in [0.05, 0.1) is 5.56 Å². The average Bonchev–Trinajstić information content (AvgIpc) is 2.65. The van der Waals surface area contributed by atoms with Crippen molar-refractivity contribution in [2.24, 2.45) is 0 Å². The van der Waals surface area contributed by atoms with E-state index < -0.39 is 32.5 Å². The Morgan fingerprint density at radius 2 is 2.00 bits per heavy atom. The number of furan rings is 1. The molecule has 3 rings (SSSR count). The molecule has 0 saturated carbocycles. The van der Waals surface area contributed by atoms with Crippen LogP contribution >= 0.6 is 20.7 Å². The van der Waals surface area contributed by atoms with Crippen LogP contribution in [0.4, 0.5) is 13.2 Å². The number of fused-ring (bicyclic) bond motifs is 3. The van der Waals surface area contributed by atoms with Crippen LogP contribution in [0, 0.1) is 3.35 Å². The van der Waals surface area contributed by atoms with Crippen LogP contribution < -0.4 is 5.22 Å². The Hall–Kier alpha value is -1.11. The molecule has 0 atom stereocenters. The average molecular weight is 350 g/mol. The van der Waals surface area contributed by atoms with Gasteiger partial charge in [0.1, 0.15) is 5.58 Å². The van der Waals surface area contributed by atoms with E-state index in [1.807, 2.05) is 16.2 Å². The molecule has 0 unspecified atom stereocenters. The zero-order valence-electron chi connectivity index (χ0n) is 8.38. The second-order valence-corrected chi connectivity index (χ2v) is 5.89. The van der Waals surface area contributed by atoms with E-state index >= 15 is 0 Å². The molecule has 5 heteroatoms. The van der Waals surface area contributed by atoms with E-state index in [2.05, 4.69) is 0 Å². The molecule has 2 heterocycles. The summed E-state index contributed by atoms with van der Waals surface area (Å²) >= 11 is -0.448. The monoisotopic (exact) mass is 350 g/mol. The summed E-state index contributed by atoms with van der Waals surface area (Å²) in [7, 11) is 0. The third kappa shape index (κ3) is 1.72. The summed E-state index contributed by atoms with van der Waals surface area (Å²) in [6.45, 7) is 0. The van der Waals surface area contributed by atoms with Crippen LogP contribution in [0.1, 0.15) is 5.56 Å². The fourth-order valence-electron chi connectivity index (χ4n) is 1.80. The van der Waals surface area contributed by atoms with E-state index in [1.54, 1.807) is 6.07 Å². The highest BCUT2D eigenvalue weighted by Gasteiger charge is 2.34. The Balaban J connectivity index is 2.49. The van der Waals surface area contributed by atoms with E-state index in [4.69, 9.17) is 4.42 Å². The zero-order chi connectivity index (χ0) is 12.0. The lowest BCUT2D eigenvalue weighted by atomic mass is 10.1. The van der Waals surface area contributed by atoms with Crippen LogP contribution in [0.15, 0.2) is 32.8 Å². The summed E-state index contributed by atoms with van der Waals surface area (Å²) in [5, 5.41) is 1.36. The van der Waals surface area contributed by atoms with Crippen molar-refractivity contribution in [3.8, 4) is 0 Å². The lowest BCUT2D eigenvalue weighted by Gasteiger charge is -2.05. The Morgan fingerprint density at radius 3 is 2.76 bits per heavy atom. The van der Waals surface area contributed by atoms with Gasteiger partial charge in [0, 0.05) is 10.6 Å². The van der Waals surface area contributed by atoms with Crippen LogP contribution in [0.3, 0.4) is 0 Å². The van der Waals surface area contributed by atoms with Gasteiger partial charge in [-0.1, -0.05) is 18.2 Å². The minimum absolute atomic E-state index is 0.0374. The smallest absolute Gasteiger partial charge is 0.420 e. The predicted octanol–water partition coefficient (Wildman–Crippen LogP) is 3.98. The number of alkyl halides is 3. The van der Waals surface area contributed by atoms with Crippen LogP contribution in [0.5, 0.6) is 0 Å². The first kappa shape index (κ1) is 11.0. The minimum atomic E-state index is -4.37. The molecule has 1 aromatic carbocycles. The SMILES string of the molecule is FC(F)(F)c1cccc2c3c(oc12)=IC=CC=3. The normalized spacial score (nSPS) is 14.8. The van der Waals surface area contributed by atoms with E-state index in [0.717, 1.165) is 11.3 Å². The Kier molecular flexibility index (Phi) is 2.39. The van der Waals surface area contributed by atoms with Crippen LogP contribution in [0.25, 0.3) is 17.0 Å². The van der Waals surface area contributed by atoms with Gasteiger partial charge in [-0.15, -0.1) is 0 Å². The molecule has 0 bridgehead atoms. The summed E-state index contributed by atoms with van der Waals surface area (Å²) in [5.41, 5.74) is -0.730. The van der Waals surface area contributed by atoms with Gasteiger partial charge >= 0.3 is 6.18 Å². The summed E-state index contributed by atoms with van der Waals surface area (Å²) in [6, 6.07) is 4.15. The number of halogens is 4. The van der Waals surface area contributed by atoms with Gasteiger partial charge in [-0.05, 0) is 37.0 Å². The first-order chi connectivity index (χ1) is 8.07. The highest BCUT2D eigenvalue weighted by Crippen LogP contribution is 2.34. The number of benzene rings is 1. The summed E-state index contributed by atoms with van der Waals surface area (Å²) in [4.78, 5) is 0. The van der Waals surface area contributed by atoms with E-state index in [0.29, 0.717) is 8.74 Å². The van der Waals surface area contributed by atoms with Gasteiger partial charge in [-0.25, -0.2) is 0 Å². The minimum Gasteiger partial charge on any atom is -0.450 e. The number of allylic oxidation sites excluding steroid dienone is 1. The molecule has 0 fully saturated rings. The molecule has 1 aliphatic rings. The third-order valence-electron chi connectivity index (χ3n) is 2.51. The third-order valence-corrected chi connectivity index (χ3v) is 4.65. The first-order valence-electron chi connectivity index (χ1n) is 4.83. The number of hydrogen-bond acceptors (Lipinski definition) is 1. The number of rotatable bonds is 0. The van der Waals surface area contributed by atoms with Crippen molar-refractivity contribution < 1.29 is 17.6 Å². The van der Waals surface area contributed by atoms with Crippen LogP contribution in [-0.4, -0.2) is 0 Å². The van der Waals surface area contributed by atoms with E-state index in [-0.39, 0.29) is 5.58 Å². The van der Waals surface area contributed by atoms with Gasteiger partial charge in [0.15, 0.2) is 3.35 Å². The molecular weight excluding hydrogens is 344 g/mol. The zero-order valence-corrected chi connectivity index (χ0v) is 10.5. The quantitative estimate of drug-likeness (QED) is 0.655. The summed E-state index contributed by atoms with van der Waals surface area (Å²) < 4.78 is 46.5. The Bertz CT molecular complexity index is 737. The van der Waals surface area contributed by atoms with Gasteiger partial charge in [0.2, 0.25) is 0 Å². The Morgan fingerprint density at radius 1 is 1.18 bits per heavy atom. The maximum Gasteiger partial charge on any atom is 0.420 e. The van der Waals surface area contributed by atoms with Crippen molar-refractivity contribution in [1.29, 1.82) is 0 Å². The van der Waals surface area contributed by atoms with E-state index in [1.165, 1.54) is 6.07 Å². The maximum absolute atomic E-state index is 12.8. The van der Waals surface area contributed by atoms with Crippen molar-refractivity contribution in [1.82, 2.24) is 0 Å². The topological polar surface area (TPSA) is 13.1 Å². The number of para-hydroxylation sites is 1. The first-order valence-corrected chi connectivity index (χ1v) is 7.16. The van der Waals surface area contributed by atoms with Crippen molar-refractivity contribution in [2.75, 3.05) is 0 Å². The molecule has 0 amide bonds. The molecule has 0 saturated heterocycles. The molecule has 1 aromatic heterocycles. The van der Waals surface area contributed by atoms with Crippen LogP contribution in [0.2, 0.25) is 0 Å². The second kappa shape index (κ2) is 3.69. The van der Waals surface area contributed by atoms with Gasteiger partial charge in [-0.2, -0.15) is 13.2 Å². The lowest BCUT2D eigenvalue weighted by molar-refractivity contribution is -0.136. The molecular formula is C12H6F3IO. The fraction of sp³-hybridized carbons (Fsp3) is 0.0833. The fourth-order valence-corrected chi connectivity index (χ4v) is 3.69. The number of hydrogen-bond donors (Lipinski definition) is 0. The van der Waals surface area contributed by atoms with Gasteiger partial charge < -0.3 is 4.42 Å². The van der Waals surface area contributed by atoms with Crippen molar-refractivity contribution in [3.05, 3.63) is 42.5 Å². The molecule has 2 aromatic rings. The standard InChI is InChI=1S/C12H6F3IO/c13-12(14,15)9-5-1-3-7-8-4-2-6-16-11(8)17-10(7)9/h1-6H. The summed E-state index contributed by atoms with van der Waals surface area (Å²) in [5.74, 6) is 0. The molecule has 0 N–H and O–H groups in total. The second-order valence-electron chi connectivity index (χ2n) is 3.56. The highest BCUT2D eigenvalue weighted by atomic mass is 127. The van der Waals surface area contributed by atoms with Gasteiger partial charge in [-0.3, -0.25) is 0 Å². The molecule has 0 aliphatic carbocycles. The van der Waals surface area contributed by atoms with Gasteiger partial charge in [0.25, 0.3) is 0 Å². The summed E-state index contributed by atoms with van der Waals surface area (Å²) in [6.07, 6.45) is -0.679. The predicted molar refractivity (Wildman–Crippen MR) is 67.3 cm³/mol. The molecule has 88 valence electrons. The molecule has 0 spiro atoms. The van der Waals surface area contributed by atoms with Crippen molar-refractivity contribution >= 4 is 37.8 Å². The van der Waals surface area contributed by atoms with Crippen molar-refractivity contribution in [3.63, 3.8) is 0 Å². The molecule has 0 radical (unpaired) electrons. The maximum atomic E-state index is 12.8. The lowest BCUT2D eigenvalue weighted by Crippen LogP contribution is -2.05. The van der Waals surface area contributed by atoms with Crippen molar-refractivity contribution in [2.45, 2.75) is 6.18 Å².